The SMILES string of the molecule is CC(CO)NC(=O)c1ccc2nc(NS(=O)(=O)c3ccc(Cl)cc3)sc2c1. The van der Waals surface area contributed by atoms with Gasteiger partial charge in [-0.05, 0) is 49.4 Å². The molecule has 1 amide bonds. The molecule has 1 unspecified atom stereocenters. The van der Waals surface area contributed by atoms with E-state index in [1.807, 2.05) is 0 Å². The number of aliphatic hydroxyl groups excluding tert-OH is 1. The number of carbonyl (C=O) groups is 1. The zero-order chi connectivity index (χ0) is 19.6. The van der Waals surface area contributed by atoms with Crippen LogP contribution in [0.2, 0.25) is 5.02 Å². The highest BCUT2D eigenvalue weighted by Gasteiger charge is 2.17. The summed E-state index contributed by atoms with van der Waals surface area (Å²) in [6.07, 6.45) is 0. The lowest BCUT2D eigenvalue weighted by atomic mass is 10.2. The molecule has 0 aliphatic rings. The van der Waals surface area contributed by atoms with Gasteiger partial charge in [0.15, 0.2) is 5.13 Å². The number of fused-ring (bicyclic) bond motifs is 1. The first kappa shape index (κ1) is 19.6. The number of benzene rings is 2. The van der Waals surface area contributed by atoms with Crippen LogP contribution in [0.4, 0.5) is 5.13 Å². The van der Waals surface area contributed by atoms with Gasteiger partial charge in [0.1, 0.15) is 0 Å². The van der Waals surface area contributed by atoms with Gasteiger partial charge in [0, 0.05) is 16.6 Å². The van der Waals surface area contributed by atoms with E-state index in [9.17, 15) is 13.2 Å². The van der Waals surface area contributed by atoms with Crippen molar-refractivity contribution in [3.8, 4) is 0 Å². The Bertz CT molecular complexity index is 1080. The van der Waals surface area contributed by atoms with Crippen molar-refractivity contribution in [1.82, 2.24) is 10.3 Å². The Morgan fingerprint density at radius 3 is 2.63 bits per heavy atom. The Kier molecular flexibility index (Phi) is 5.66. The highest BCUT2D eigenvalue weighted by Crippen LogP contribution is 2.28. The third kappa shape index (κ3) is 4.56. The van der Waals surface area contributed by atoms with Crippen LogP contribution in [-0.2, 0) is 10.0 Å². The van der Waals surface area contributed by atoms with Crippen LogP contribution in [0.15, 0.2) is 47.4 Å². The summed E-state index contributed by atoms with van der Waals surface area (Å²) in [6, 6.07) is 10.3. The van der Waals surface area contributed by atoms with Crippen LogP contribution in [0.25, 0.3) is 10.2 Å². The topological polar surface area (TPSA) is 108 Å². The molecule has 0 saturated carbocycles. The Morgan fingerprint density at radius 1 is 1.26 bits per heavy atom. The average Bonchev–Trinajstić information content (AvgIpc) is 3.02. The maximum absolute atomic E-state index is 12.4. The molecular weight excluding hydrogens is 410 g/mol. The smallest absolute Gasteiger partial charge is 0.263 e. The van der Waals surface area contributed by atoms with Gasteiger partial charge in [0.05, 0.1) is 21.7 Å². The number of aromatic nitrogens is 1. The van der Waals surface area contributed by atoms with Crippen LogP contribution in [0.3, 0.4) is 0 Å². The summed E-state index contributed by atoms with van der Waals surface area (Å²) in [4.78, 5) is 16.5. The van der Waals surface area contributed by atoms with Gasteiger partial charge in [-0.25, -0.2) is 13.4 Å². The van der Waals surface area contributed by atoms with E-state index < -0.39 is 10.0 Å². The molecule has 0 aliphatic heterocycles. The van der Waals surface area contributed by atoms with Crippen LogP contribution in [0.5, 0.6) is 0 Å². The van der Waals surface area contributed by atoms with Crippen molar-refractivity contribution in [2.24, 2.45) is 0 Å². The second kappa shape index (κ2) is 7.81. The number of anilines is 1. The Balaban J connectivity index is 1.84. The summed E-state index contributed by atoms with van der Waals surface area (Å²) in [5.74, 6) is -0.324. The monoisotopic (exact) mass is 425 g/mol. The highest BCUT2D eigenvalue weighted by atomic mass is 35.5. The lowest BCUT2D eigenvalue weighted by molar-refractivity contribution is 0.0922. The van der Waals surface area contributed by atoms with Gasteiger partial charge in [-0.1, -0.05) is 22.9 Å². The molecule has 3 rings (SSSR count). The molecule has 0 spiro atoms. The van der Waals surface area contributed by atoms with E-state index in [1.165, 1.54) is 24.3 Å². The molecule has 7 nitrogen and oxygen atoms in total. The van der Waals surface area contributed by atoms with Gasteiger partial charge in [0.2, 0.25) is 0 Å². The van der Waals surface area contributed by atoms with Gasteiger partial charge in [-0.2, -0.15) is 0 Å². The zero-order valence-electron chi connectivity index (χ0n) is 14.1. The maximum Gasteiger partial charge on any atom is 0.263 e. The van der Waals surface area contributed by atoms with E-state index in [-0.39, 0.29) is 28.6 Å². The Labute approximate surface area is 165 Å². The Morgan fingerprint density at radius 2 is 1.96 bits per heavy atom. The summed E-state index contributed by atoms with van der Waals surface area (Å²) < 4.78 is 28.0. The molecule has 0 radical (unpaired) electrons. The quantitative estimate of drug-likeness (QED) is 0.562. The summed E-state index contributed by atoms with van der Waals surface area (Å²) >= 11 is 6.91. The molecule has 27 heavy (non-hydrogen) atoms. The molecule has 3 aromatic rings. The normalized spacial score (nSPS) is 12.7. The number of thiazole rings is 1. The van der Waals surface area contributed by atoms with Gasteiger partial charge >= 0.3 is 0 Å². The number of hydrogen-bond acceptors (Lipinski definition) is 6. The van der Waals surface area contributed by atoms with Crippen LogP contribution in [0.1, 0.15) is 17.3 Å². The van der Waals surface area contributed by atoms with Gasteiger partial charge < -0.3 is 10.4 Å². The summed E-state index contributed by atoms with van der Waals surface area (Å²) in [5.41, 5.74) is 0.971. The first-order valence-electron chi connectivity index (χ1n) is 7.89. The first-order valence-corrected chi connectivity index (χ1v) is 10.6. The molecule has 0 aliphatic carbocycles. The molecule has 2 aromatic carbocycles. The Hall–Kier alpha value is -2.20. The third-order valence-corrected chi connectivity index (χ3v) is 6.32. The fraction of sp³-hybridized carbons (Fsp3) is 0.176. The number of hydrogen-bond donors (Lipinski definition) is 3. The van der Waals surface area contributed by atoms with E-state index in [1.54, 1.807) is 25.1 Å². The van der Waals surface area contributed by atoms with E-state index in [0.717, 1.165) is 11.3 Å². The first-order chi connectivity index (χ1) is 12.8. The lowest BCUT2D eigenvalue weighted by Gasteiger charge is -2.10. The number of carbonyl (C=O) groups excluding carboxylic acids is 1. The number of rotatable bonds is 6. The minimum absolute atomic E-state index is 0.0733. The predicted octanol–water partition coefficient (Wildman–Crippen LogP) is 2.86. The zero-order valence-corrected chi connectivity index (χ0v) is 16.5. The number of halogens is 1. The molecule has 142 valence electrons. The van der Waals surface area contributed by atoms with Gasteiger partial charge in [0.25, 0.3) is 15.9 Å². The molecule has 0 bridgehead atoms. The van der Waals surface area contributed by atoms with Crippen LogP contribution in [-0.4, -0.2) is 37.1 Å². The predicted molar refractivity (Wildman–Crippen MR) is 106 cm³/mol. The van der Waals surface area contributed by atoms with Crippen molar-refractivity contribution in [2.75, 3.05) is 11.3 Å². The highest BCUT2D eigenvalue weighted by molar-refractivity contribution is 7.93. The van der Waals surface area contributed by atoms with Crippen LogP contribution in [0, 0.1) is 0 Å². The van der Waals surface area contributed by atoms with Gasteiger partial charge in [-0.15, -0.1) is 0 Å². The van der Waals surface area contributed by atoms with Crippen molar-refractivity contribution in [1.29, 1.82) is 0 Å². The molecule has 3 N–H and O–H groups in total. The second-order valence-electron chi connectivity index (χ2n) is 5.82. The molecule has 0 fully saturated rings. The largest absolute Gasteiger partial charge is 0.394 e. The minimum Gasteiger partial charge on any atom is -0.394 e. The van der Waals surface area contributed by atoms with E-state index in [2.05, 4.69) is 15.0 Å². The van der Waals surface area contributed by atoms with Crippen molar-refractivity contribution in [3.05, 3.63) is 53.1 Å². The minimum atomic E-state index is -3.79. The fourth-order valence-electron chi connectivity index (χ4n) is 2.25. The number of amides is 1. The molecular formula is C17H16ClN3O4S2. The second-order valence-corrected chi connectivity index (χ2v) is 8.97. The lowest BCUT2D eigenvalue weighted by Crippen LogP contribution is -2.34. The molecule has 10 heteroatoms. The standard InChI is InChI=1S/C17H16ClN3O4S2/c1-10(9-22)19-16(23)11-2-7-14-15(8-11)26-17(20-14)21-27(24,25)13-5-3-12(18)4-6-13/h2-8,10,22H,9H2,1H3,(H,19,23)(H,20,21). The molecule has 1 atom stereocenters. The van der Waals surface area contributed by atoms with Crippen molar-refractivity contribution in [3.63, 3.8) is 0 Å². The number of nitrogens with one attached hydrogen (secondary N) is 2. The summed E-state index contributed by atoms with van der Waals surface area (Å²) in [6.45, 7) is 1.53. The summed E-state index contributed by atoms with van der Waals surface area (Å²) in [7, 11) is -3.79. The van der Waals surface area contributed by atoms with Gasteiger partial charge in [-0.3, -0.25) is 9.52 Å². The number of aliphatic hydroxyl groups is 1. The van der Waals surface area contributed by atoms with Crippen LogP contribution < -0.4 is 10.0 Å². The molecule has 1 aromatic heterocycles. The maximum atomic E-state index is 12.4. The summed E-state index contributed by atoms with van der Waals surface area (Å²) in [5, 5.41) is 12.3. The average molecular weight is 426 g/mol. The molecule has 1 heterocycles. The number of nitrogens with zero attached hydrogens (tertiary/aromatic N) is 1. The third-order valence-electron chi connectivity index (χ3n) is 3.65. The van der Waals surface area contributed by atoms with Crippen molar-refractivity contribution >= 4 is 54.2 Å². The van der Waals surface area contributed by atoms with E-state index in [4.69, 9.17) is 16.7 Å². The molecule has 0 saturated heterocycles. The van der Waals surface area contributed by atoms with Crippen molar-refractivity contribution in [2.45, 2.75) is 17.9 Å². The van der Waals surface area contributed by atoms with Crippen molar-refractivity contribution < 1.29 is 18.3 Å². The fourth-order valence-corrected chi connectivity index (χ4v) is 4.52. The van der Waals surface area contributed by atoms with E-state index in [0.29, 0.717) is 20.8 Å². The number of sulfonamides is 1. The van der Waals surface area contributed by atoms with Crippen LogP contribution >= 0.6 is 22.9 Å². The van der Waals surface area contributed by atoms with E-state index >= 15 is 0 Å².